The summed E-state index contributed by atoms with van der Waals surface area (Å²) in [5.41, 5.74) is 0.898. The van der Waals surface area contributed by atoms with Crippen LogP contribution >= 0.6 is 11.6 Å². The SMILES string of the molecule is CN(C)C(=O)c1ccc2oc(C(=O)Nc3ccc(Cl)cn3)c(NC(=O)C3CCC(C(=O)N(C)C)CC3)c2c1. The molecule has 4 rings (SSSR count). The summed E-state index contributed by atoms with van der Waals surface area (Å²) in [6.45, 7) is 0. The van der Waals surface area contributed by atoms with Crippen LogP contribution in [0.5, 0.6) is 0 Å². The Balaban J connectivity index is 1.63. The van der Waals surface area contributed by atoms with Crippen LogP contribution in [0.1, 0.15) is 46.6 Å². The van der Waals surface area contributed by atoms with Gasteiger partial charge in [0, 0.05) is 57.2 Å². The smallest absolute Gasteiger partial charge is 0.294 e. The molecular formula is C27H30ClN5O5. The van der Waals surface area contributed by atoms with E-state index < -0.39 is 5.91 Å². The summed E-state index contributed by atoms with van der Waals surface area (Å²) in [5, 5.41) is 6.38. The fraction of sp³-hybridized carbons (Fsp3) is 0.370. The van der Waals surface area contributed by atoms with E-state index in [1.165, 1.54) is 11.1 Å². The zero-order valence-electron chi connectivity index (χ0n) is 21.7. The second kappa shape index (κ2) is 11.2. The number of hydrogen-bond donors (Lipinski definition) is 2. The van der Waals surface area contributed by atoms with Crippen molar-refractivity contribution in [2.75, 3.05) is 38.8 Å². The minimum atomic E-state index is -0.618. The van der Waals surface area contributed by atoms with Crippen LogP contribution in [-0.2, 0) is 9.59 Å². The number of benzene rings is 1. The lowest BCUT2D eigenvalue weighted by Crippen LogP contribution is -2.35. The van der Waals surface area contributed by atoms with E-state index in [1.54, 1.807) is 63.4 Å². The maximum Gasteiger partial charge on any atom is 0.294 e. The summed E-state index contributed by atoms with van der Waals surface area (Å²) in [6.07, 6.45) is 3.71. The summed E-state index contributed by atoms with van der Waals surface area (Å²) < 4.78 is 5.86. The van der Waals surface area contributed by atoms with Gasteiger partial charge in [0.2, 0.25) is 17.6 Å². The van der Waals surface area contributed by atoms with Crippen molar-refractivity contribution in [2.24, 2.45) is 11.8 Å². The van der Waals surface area contributed by atoms with Crippen molar-refractivity contribution >= 4 is 57.7 Å². The number of halogens is 1. The molecule has 11 heteroatoms. The summed E-state index contributed by atoms with van der Waals surface area (Å²) in [4.78, 5) is 58.6. The molecule has 2 aromatic heterocycles. The average Bonchev–Trinajstić information content (AvgIpc) is 3.26. The molecule has 38 heavy (non-hydrogen) atoms. The van der Waals surface area contributed by atoms with Gasteiger partial charge in [-0.05, 0) is 56.0 Å². The van der Waals surface area contributed by atoms with Crippen LogP contribution in [0.25, 0.3) is 11.0 Å². The first-order valence-electron chi connectivity index (χ1n) is 12.3. The molecule has 0 unspecified atom stereocenters. The molecule has 0 saturated heterocycles. The lowest BCUT2D eigenvalue weighted by molar-refractivity contribution is -0.135. The Morgan fingerprint density at radius 3 is 2.21 bits per heavy atom. The van der Waals surface area contributed by atoms with Gasteiger partial charge in [-0.3, -0.25) is 19.2 Å². The first-order chi connectivity index (χ1) is 18.0. The van der Waals surface area contributed by atoms with E-state index in [4.69, 9.17) is 16.0 Å². The van der Waals surface area contributed by atoms with Crippen molar-refractivity contribution in [1.82, 2.24) is 14.8 Å². The van der Waals surface area contributed by atoms with E-state index >= 15 is 0 Å². The number of nitrogens with zero attached hydrogens (tertiary/aromatic N) is 3. The van der Waals surface area contributed by atoms with Crippen molar-refractivity contribution in [3.05, 3.63) is 52.9 Å². The molecule has 0 bridgehead atoms. The maximum atomic E-state index is 13.3. The molecule has 0 aliphatic heterocycles. The Morgan fingerprint density at radius 1 is 0.921 bits per heavy atom. The van der Waals surface area contributed by atoms with Crippen molar-refractivity contribution in [3.63, 3.8) is 0 Å². The summed E-state index contributed by atoms with van der Waals surface area (Å²) in [6, 6.07) is 7.92. The average molecular weight is 540 g/mol. The number of nitrogens with one attached hydrogen (secondary N) is 2. The highest BCUT2D eigenvalue weighted by Gasteiger charge is 2.32. The zero-order chi connectivity index (χ0) is 27.6. The third-order valence-electron chi connectivity index (χ3n) is 6.65. The molecular weight excluding hydrogens is 510 g/mol. The van der Waals surface area contributed by atoms with Crippen LogP contribution < -0.4 is 10.6 Å². The number of fused-ring (bicyclic) bond motifs is 1. The Kier molecular flexibility index (Phi) is 8.01. The Labute approximate surface area is 225 Å². The van der Waals surface area contributed by atoms with Crippen LogP contribution in [0.4, 0.5) is 11.5 Å². The number of amides is 4. The van der Waals surface area contributed by atoms with E-state index in [-0.39, 0.29) is 46.8 Å². The lowest BCUT2D eigenvalue weighted by atomic mass is 9.81. The molecule has 2 heterocycles. The number of pyridine rings is 1. The van der Waals surface area contributed by atoms with Gasteiger partial charge in [0.05, 0.1) is 5.02 Å². The first kappa shape index (κ1) is 27.1. The highest BCUT2D eigenvalue weighted by Crippen LogP contribution is 2.35. The largest absolute Gasteiger partial charge is 0.449 e. The minimum absolute atomic E-state index is 0.0672. The molecule has 0 spiro atoms. The molecule has 200 valence electrons. The number of aromatic nitrogens is 1. The Bertz CT molecular complexity index is 1370. The highest BCUT2D eigenvalue weighted by molar-refractivity contribution is 6.30. The number of furan rings is 1. The molecule has 10 nitrogen and oxygen atoms in total. The van der Waals surface area contributed by atoms with Crippen LogP contribution in [0.3, 0.4) is 0 Å². The van der Waals surface area contributed by atoms with Crippen molar-refractivity contribution in [3.8, 4) is 0 Å². The molecule has 4 amide bonds. The molecule has 1 fully saturated rings. The van der Waals surface area contributed by atoms with Gasteiger partial charge in [-0.1, -0.05) is 11.6 Å². The molecule has 2 N–H and O–H groups in total. The van der Waals surface area contributed by atoms with E-state index in [1.807, 2.05) is 0 Å². The second-order valence-corrected chi connectivity index (χ2v) is 10.2. The normalized spacial score (nSPS) is 17.1. The van der Waals surface area contributed by atoms with Gasteiger partial charge in [-0.2, -0.15) is 0 Å². The zero-order valence-corrected chi connectivity index (χ0v) is 22.5. The number of rotatable bonds is 6. The van der Waals surface area contributed by atoms with Crippen LogP contribution in [0.15, 0.2) is 40.9 Å². The van der Waals surface area contributed by atoms with Crippen LogP contribution in [0, 0.1) is 11.8 Å². The van der Waals surface area contributed by atoms with Gasteiger partial charge in [-0.25, -0.2) is 4.98 Å². The molecule has 3 aromatic rings. The number of carbonyl (C=O) groups excluding carboxylic acids is 4. The third-order valence-corrected chi connectivity index (χ3v) is 6.88. The van der Waals surface area contributed by atoms with Crippen LogP contribution in [0.2, 0.25) is 5.02 Å². The summed E-state index contributed by atoms with van der Waals surface area (Å²) >= 11 is 5.89. The van der Waals surface area contributed by atoms with Crippen molar-refractivity contribution < 1.29 is 23.6 Å². The molecule has 1 aromatic carbocycles. The second-order valence-electron chi connectivity index (χ2n) is 9.80. The monoisotopic (exact) mass is 539 g/mol. The molecule has 1 aliphatic carbocycles. The number of anilines is 2. The Morgan fingerprint density at radius 2 is 1.61 bits per heavy atom. The van der Waals surface area contributed by atoms with Gasteiger partial charge in [0.25, 0.3) is 11.8 Å². The fourth-order valence-corrected chi connectivity index (χ4v) is 4.70. The Hall–Kier alpha value is -3.92. The standard InChI is InChI=1S/C27H30ClN5O5/c1-32(2)26(36)16-7-5-15(6-8-16)24(34)31-22-19-13-17(27(37)33(3)4)9-11-20(19)38-23(22)25(35)30-21-12-10-18(28)14-29-21/h9-16H,5-8H2,1-4H3,(H,31,34)(H,29,30,35). The minimum Gasteiger partial charge on any atom is -0.449 e. The van der Waals surface area contributed by atoms with E-state index in [9.17, 15) is 19.2 Å². The van der Waals surface area contributed by atoms with Gasteiger partial charge in [-0.15, -0.1) is 0 Å². The quantitative estimate of drug-likeness (QED) is 0.482. The van der Waals surface area contributed by atoms with E-state index in [0.29, 0.717) is 47.2 Å². The predicted molar refractivity (Wildman–Crippen MR) is 144 cm³/mol. The lowest BCUT2D eigenvalue weighted by Gasteiger charge is -2.28. The summed E-state index contributed by atoms with van der Waals surface area (Å²) in [7, 11) is 6.74. The topological polar surface area (TPSA) is 125 Å². The van der Waals surface area contributed by atoms with Crippen molar-refractivity contribution in [2.45, 2.75) is 25.7 Å². The summed E-state index contributed by atoms with van der Waals surface area (Å²) in [5.74, 6) is -1.34. The van der Waals surface area contributed by atoms with Crippen molar-refractivity contribution in [1.29, 1.82) is 0 Å². The predicted octanol–water partition coefficient (Wildman–Crippen LogP) is 4.27. The third kappa shape index (κ3) is 5.80. The first-order valence-corrected chi connectivity index (χ1v) is 12.7. The van der Waals surface area contributed by atoms with E-state index in [2.05, 4.69) is 15.6 Å². The molecule has 1 saturated carbocycles. The van der Waals surface area contributed by atoms with Gasteiger partial charge >= 0.3 is 0 Å². The van der Waals surface area contributed by atoms with Gasteiger partial charge in [0.1, 0.15) is 17.1 Å². The number of carbonyl (C=O) groups is 4. The highest BCUT2D eigenvalue weighted by atomic mass is 35.5. The van der Waals surface area contributed by atoms with Gasteiger partial charge in [0.15, 0.2) is 0 Å². The molecule has 1 aliphatic rings. The maximum absolute atomic E-state index is 13.3. The van der Waals surface area contributed by atoms with E-state index in [0.717, 1.165) is 0 Å². The molecule has 0 atom stereocenters. The van der Waals surface area contributed by atoms with Crippen LogP contribution in [-0.4, -0.2) is 66.6 Å². The fourth-order valence-electron chi connectivity index (χ4n) is 4.59. The molecule has 0 radical (unpaired) electrons. The van der Waals surface area contributed by atoms with Gasteiger partial charge < -0.3 is 24.9 Å². The number of hydrogen-bond acceptors (Lipinski definition) is 6.